The molecule has 158 valence electrons. The van der Waals surface area contributed by atoms with Gasteiger partial charge in [0.05, 0.1) is 15.7 Å². The molecule has 0 unspecified atom stereocenters. The van der Waals surface area contributed by atoms with E-state index in [9.17, 15) is 9.59 Å². The van der Waals surface area contributed by atoms with Crippen LogP contribution < -0.4 is 15.7 Å². The largest absolute Gasteiger partial charge is 0.484 e. The zero-order valence-electron chi connectivity index (χ0n) is 16.5. The molecule has 4 aromatic rings. The summed E-state index contributed by atoms with van der Waals surface area (Å²) < 4.78 is 12.2. The summed E-state index contributed by atoms with van der Waals surface area (Å²) in [5.74, 6) is 0.679. The van der Waals surface area contributed by atoms with Gasteiger partial charge in [-0.15, -0.1) is 0 Å². The van der Waals surface area contributed by atoms with E-state index in [0.717, 1.165) is 10.9 Å². The number of hydrogen-bond donors (Lipinski definition) is 1. The molecule has 3 heterocycles. The first-order chi connectivity index (χ1) is 14.8. The molecule has 1 N–H and O–H groups in total. The Morgan fingerprint density at radius 3 is 2.77 bits per heavy atom. The van der Waals surface area contributed by atoms with Gasteiger partial charge in [-0.2, -0.15) is 9.78 Å². The number of pyridine rings is 1. The van der Waals surface area contributed by atoms with Crippen LogP contribution in [0.4, 0.5) is 5.82 Å². The van der Waals surface area contributed by atoms with Crippen molar-refractivity contribution in [2.75, 3.05) is 11.9 Å². The van der Waals surface area contributed by atoms with E-state index < -0.39 is 11.5 Å². The number of carbonyl (C=O) groups is 1. The fourth-order valence-corrected chi connectivity index (χ4v) is 3.50. The van der Waals surface area contributed by atoms with Crippen molar-refractivity contribution < 1.29 is 13.9 Å². The Morgan fingerprint density at radius 1 is 1.19 bits per heavy atom. The molecule has 0 aliphatic rings. The number of rotatable bonds is 5. The summed E-state index contributed by atoms with van der Waals surface area (Å²) in [5, 5.41) is 8.52. The minimum atomic E-state index is -0.446. The maximum atomic E-state index is 12.5. The fourth-order valence-electron chi connectivity index (χ4n) is 3.04. The average Bonchev–Trinajstić information content (AvgIpc) is 3.05. The molecule has 4 rings (SSSR count). The lowest BCUT2D eigenvalue weighted by molar-refractivity contribution is -0.118. The molecule has 0 saturated carbocycles. The van der Waals surface area contributed by atoms with E-state index in [1.807, 2.05) is 6.92 Å². The molecule has 0 aliphatic carbocycles. The Labute approximate surface area is 186 Å². The number of anilines is 1. The van der Waals surface area contributed by atoms with Crippen LogP contribution in [0.5, 0.6) is 5.75 Å². The molecule has 1 aromatic carbocycles. The first-order valence-corrected chi connectivity index (χ1v) is 9.91. The van der Waals surface area contributed by atoms with E-state index >= 15 is 0 Å². The molecule has 0 radical (unpaired) electrons. The van der Waals surface area contributed by atoms with Crippen molar-refractivity contribution in [2.45, 2.75) is 13.8 Å². The summed E-state index contributed by atoms with van der Waals surface area (Å²) in [6.45, 7) is 3.32. The zero-order chi connectivity index (χ0) is 22.1. The number of fused-ring (bicyclic) bond motifs is 1. The molecular formula is C21H16Cl2N4O4. The van der Waals surface area contributed by atoms with E-state index in [-0.39, 0.29) is 11.6 Å². The van der Waals surface area contributed by atoms with Gasteiger partial charge in [-0.1, -0.05) is 23.2 Å². The highest BCUT2D eigenvalue weighted by Gasteiger charge is 2.15. The second-order valence-electron chi connectivity index (χ2n) is 6.78. The number of benzene rings is 1. The molecule has 8 nitrogen and oxygen atoms in total. The minimum Gasteiger partial charge on any atom is -0.484 e. The van der Waals surface area contributed by atoms with E-state index in [2.05, 4.69) is 15.4 Å². The smallest absolute Gasteiger partial charge is 0.336 e. The van der Waals surface area contributed by atoms with Crippen LogP contribution in [0.25, 0.3) is 16.8 Å². The van der Waals surface area contributed by atoms with Crippen LogP contribution >= 0.6 is 23.2 Å². The number of aryl methyl sites for hydroxylation is 2. The summed E-state index contributed by atoms with van der Waals surface area (Å²) in [6, 6.07) is 9.68. The van der Waals surface area contributed by atoms with E-state index in [1.54, 1.807) is 31.2 Å². The summed E-state index contributed by atoms with van der Waals surface area (Å²) in [7, 11) is 0. The highest BCUT2D eigenvalue weighted by molar-refractivity contribution is 6.35. The van der Waals surface area contributed by atoms with Crippen LogP contribution in [-0.2, 0) is 4.79 Å². The number of ether oxygens (including phenoxy) is 1. The van der Waals surface area contributed by atoms with Crippen molar-refractivity contribution >= 4 is 45.9 Å². The highest BCUT2D eigenvalue weighted by atomic mass is 35.5. The Hall–Kier alpha value is -3.36. The van der Waals surface area contributed by atoms with Crippen LogP contribution in [-0.4, -0.2) is 27.3 Å². The lowest BCUT2D eigenvalue weighted by Crippen LogP contribution is -2.22. The van der Waals surface area contributed by atoms with E-state index in [4.69, 9.17) is 32.4 Å². The molecule has 1 amide bonds. The molecule has 0 spiro atoms. The van der Waals surface area contributed by atoms with Gasteiger partial charge < -0.3 is 14.5 Å². The van der Waals surface area contributed by atoms with Crippen molar-refractivity contribution in [1.82, 2.24) is 14.8 Å². The maximum absolute atomic E-state index is 12.5. The monoisotopic (exact) mass is 458 g/mol. The predicted octanol–water partition coefficient (Wildman–Crippen LogP) is 4.31. The van der Waals surface area contributed by atoms with Gasteiger partial charge in [0.1, 0.15) is 17.2 Å². The lowest BCUT2D eigenvalue weighted by atomic mass is 10.1. The Bertz CT molecular complexity index is 1360. The topological polar surface area (TPSA) is 99.2 Å². The van der Waals surface area contributed by atoms with Crippen molar-refractivity contribution in [1.29, 1.82) is 0 Å². The van der Waals surface area contributed by atoms with Gasteiger partial charge in [-0.25, -0.2) is 9.78 Å². The zero-order valence-corrected chi connectivity index (χ0v) is 18.0. The Kier molecular flexibility index (Phi) is 5.67. The summed E-state index contributed by atoms with van der Waals surface area (Å²) in [4.78, 5) is 28.2. The normalized spacial score (nSPS) is 11.0. The number of halogens is 2. The van der Waals surface area contributed by atoms with E-state index in [0.29, 0.717) is 33.7 Å². The summed E-state index contributed by atoms with van der Waals surface area (Å²) in [5.41, 5.74) is 1.40. The van der Waals surface area contributed by atoms with Gasteiger partial charge in [-0.3, -0.25) is 4.79 Å². The Morgan fingerprint density at radius 2 is 2.00 bits per heavy atom. The van der Waals surface area contributed by atoms with E-state index in [1.165, 1.54) is 23.0 Å². The average molecular weight is 459 g/mol. The van der Waals surface area contributed by atoms with Gasteiger partial charge in [0.2, 0.25) is 0 Å². The second kappa shape index (κ2) is 8.41. The SMILES string of the molecule is Cc1cc(NC(=O)COc2ccc3c(C)cc(=O)oc3c2)n(-c2ncc(Cl)cc2Cl)n1. The van der Waals surface area contributed by atoms with Gasteiger partial charge in [0.15, 0.2) is 12.4 Å². The van der Waals surface area contributed by atoms with Gasteiger partial charge >= 0.3 is 5.63 Å². The van der Waals surface area contributed by atoms with Crippen LogP contribution in [0.15, 0.2) is 51.8 Å². The van der Waals surface area contributed by atoms with Crippen molar-refractivity contribution in [3.05, 3.63) is 74.3 Å². The van der Waals surface area contributed by atoms with Crippen LogP contribution in [0.2, 0.25) is 10.0 Å². The Balaban J connectivity index is 1.50. The van der Waals surface area contributed by atoms with Gasteiger partial charge in [-0.05, 0) is 37.6 Å². The third-order valence-corrected chi connectivity index (χ3v) is 4.87. The van der Waals surface area contributed by atoms with Crippen LogP contribution in [0.3, 0.4) is 0 Å². The number of amides is 1. The molecular weight excluding hydrogens is 443 g/mol. The van der Waals surface area contributed by atoms with Crippen LogP contribution in [0, 0.1) is 13.8 Å². The molecule has 0 fully saturated rings. The molecule has 0 bridgehead atoms. The number of nitrogens with one attached hydrogen (secondary N) is 1. The third kappa shape index (κ3) is 4.55. The lowest BCUT2D eigenvalue weighted by Gasteiger charge is -2.11. The third-order valence-electron chi connectivity index (χ3n) is 4.38. The first kappa shape index (κ1) is 20.9. The highest BCUT2D eigenvalue weighted by Crippen LogP contribution is 2.25. The van der Waals surface area contributed by atoms with Crippen molar-refractivity contribution in [2.24, 2.45) is 0 Å². The van der Waals surface area contributed by atoms with Gasteiger partial charge in [0.25, 0.3) is 5.91 Å². The molecule has 0 atom stereocenters. The number of nitrogens with zero attached hydrogens (tertiary/aromatic N) is 3. The fraction of sp³-hybridized carbons (Fsp3) is 0.143. The standard InChI is InChI=1S/C21H16Cl2N4O4/c1-11-5-20(29)31-17-8-14(3-4-15(11)17)30-10-19(28)25-18-6-12(2)26-27(18)21-16(23)7-13(22)9-24-21/h3-9H,10H2,1-2H3,(H,25,28). The number of carbonyl (C=O) groups excluding carboxylic acids is 1. The van der Waals surface area contributed by atoms with Crippen molar-refractivity contribution in [3.8, 4) is 11.6 Å². The number of hydrogen-bond acceptors (Lipinski definition) is 6. The maximum Gasteiger partial charge on any atom is 0.336 e. The second-order valence-corrected chi connectivity index (χ2v) is 7.63. The predicted molar refractivity (Wildman–Crippen MR) is 117 cm³/mol. The molecule has 10 heteroatoms. The molecule has 0 aliphatic heterocycles. The summed E-state index contributed by atoms with van der Waals surface area (Å²) in [6.07, 6.45) is 1.44. The first-order valence-electron chi connectivity index (χ1n) is 9.15. The van der Waals surface area contributed by atoms with Gasteiger partial charge in [0, 0.05) is 29.8 Å². The number of aromatic nitrogens is 3. The quantitative estimate of drug-likeness (QED) is 0.447. The van der Waals surface area contributed by atoms with Crippen molar-refractivity contribution in [3.63, 3.8) is 0 Å². The molecule has 31 heavy (non-hydrogen) atoms. The summed E-state index contributed by atoms with van der Waals surface area (Å²) >= 11 is 12.1. The molecule has 0 saturated heterocycles. The minimum absolute atomic E-state index is 0.270. The molecule has 3 aromatic heterocycles. The van der Waals surface area contributed by atoms with Crippen LogP contribution in [0.1, 0.15) is 11.3 Å².